The van der Waals surface area contributed by atoms with E-state index in [1.807, 2.05) is 0 Å². The molecule has 2 N–H and O–H groups in total. The van der Waals surface area contributed by atoms with E-state index in [1.54, 1.807) is 55.5 Å². The van der Waals surface area contributed by atoms with Gasteiger partial charge in [-0.15, -0.1) is 0 Å². The van der Waals surface area contributed by atoms with Crippen LogP contribution in [0, 0.1) is 10.1 Å². The van der Waals surface area contributed by atoms with Crippen molar-refractivity contribution in [2.45, 2.75) is 6.92 Å². The summed E-state index contributed by atoms with van der Waals surface area (Å²) in [5.74, 6) is -0.0537. The van der Waals surface area contributed by atoms with E-state index in [2.05, 4.69) is 20.6 Å². The highest BCUT2D eigenvalue weighted by atomic mass is 16.6. The Labute approximate surface area is 172 Å². The van der Waals surface area contributed by atoms with Crippen LogP contribution < -0.4 is 15.4 Å². The molecule has 0 unspecified atom stereocenters. The van der Waals surface area contributed by atoms with Crippen LogP contribution >= 0.6 is 0 Å². The van der Waals surface area contributed by atoms with Crippen LogP contribution in [0.3, 0.4) is 0 Å². The highest BCUT2D eigenvalue weighted by Gasteiger charge is 2.25. The second-order valence-electron chi connectivity index (χ2n) is 5.92. The van der Waals surface area contributed by atoms with E-state index in [0.717, 1.165) is 0 Å². The van der Waals surface area contributed by atoms with Crippen LogP contribution in [0.1, 0.15) is 17.3 Å². The molecule has 10 nitrogen and oxygen atoms in total. The largest absolute Gasteiger partial charge is 0.497 e. The van der Waals surface area contributed by atoms with E-state index >= 15 is 0 Å². The zero-order chi connectivity index (χ0) is 21.5. The normalized spacial score (nSPS) is 10.2. The molecule has 0 atom stereocenters. The van der Waals surface area contributed by atoms with Gasteiger partial charge in [0.1, 0.15) is 12.1 Å². The van der Waals surface area contributed by atoms with Gasteiger partial charge in [-0.05, 0) is 31.2 Å². The van der Waals surface area contributed by atoms with Crippen LogP contribution in [0.2, 0.25) is 0 Å². The molecule has 3 aromatic rings. The number of methoxy groups -OCH3 is 1. The number of anilines is 4. The average molecular weight is 409 g/mol. The molecule has 1 heterocycles. The monoisotopic (exact) mass is 409 g/mol. The molecule has 2 aromatic carbocycles. The van der Waals surface area contributed by atoms with Crippen LogP contribution in [0.15, 0.2) is 54.9 Å². The molecule has 0 aliphatic heterocycles. The lowest BCUT2D eigenvalue weighted by atomic mass is 10.2. The van der Waals surface area contributed by atoms with Gasteiger partial charge in [-0.2, -0.15) is 0 Å². The van der Waals surface area contributed by atoms with Crippen LogP contribution in [0.4, 0.5) is 28.7 Å². The Morgan fingerprint density at radius 3 is 2.53 bits per heavy atom. The van der Waals surface area contributed by atoms with E-state index in [0.29, 0.717) is 17.1 Å². The first-order chi connectivity index (χ1) is 14.5. The molecule has 0 saturated carbocycles. The topological polar surface area (TPSA) is 129 Å². The Morgan fingerprint density at radius 1 is 1.10 bits per heavy atom. The van der Waals surface area contributed by atoms with Gasteiger partial charge in [-0.3, -0.25) is 10.1 Å². The minimum atomic E-state index is -0.599. The molecular formula is C20H19N5O5. The molecule has 3 rings (SSSR count). The lowest BCUT2D eigenvalue weighted by Gasteiger charge is -2.13. The fourth-order valence-electron chi connectivity index (χ4n) is 2.68. The van der Waals surface area contributed by atoms with E-state index in [4.69, 9.17) is 9.47 Å². The number of carbonyl (C=O) groups excluding carboxylic acids is 1. The van der Waals surface area contributed by atoms with Crippen molar-refractivity contribution in [1.29, 1.82) is 0 Å². The van der Waals surface area contributed by atoms with E-state index in [1.165, 1.54) is 13.4 Å². The molecule has 0 spiro atoms. The number of benzene rings is 2. The number of rotatable bonds is 8. The fourth-order valence-corrected chi connectivity index (χ4v) is 2.68. The second kappa shape index (κ2) is 9.32. The van der Waals surface area contributed by atoms with Gasteiger partial charge in [0.25, 0.3) is 0 Å². The number of aromatic nitrogens is 2. The Balaban J connectivity index is 1.98. The van der Waals surface area contributed by atoms with Crippen molar-refractivity contribution in [3.8, 4) is 5.75 Å². The summed E-state index contributed by atoms with van der Waals surface area (Å²) in [6, 6.07) is 13.4. The predicted molar refractivity (Wildman–Crippen MR) is 111 cm³/mol. The summed E-state index contributed by atoms with van der Waals surface area (Å²) in [4.78, 5) is 31.4. The van der Waals surface area contributed by atoms with Crippen molar-refractivity contribution in [1.82, 2.24) is 9.97 Å². The van der Waals surface area contributed by atoms with Gasteiger partial charge >= 0.3 is 11.7 Å². The maximum atomic E-state index is 12.2. The SMILES string of the molecule is CCOC(=O)c1ccccc1Nc1ncnc(Nc2cccc(OC)c2)c1[N+](=O)[O-]. The zero-order valence-corrected chi connectivity index (χ0v) is 16.3. The summed E-state index contributed by atoms with van der Waals surface area (Å²) >= 11 is 0. The van der Waals surface area contributed by atoms with E-state index in [9.17, 15) is 14.9 Å². The van der Waals surface area contributed by atoms with Crippen molar-refractivity contribution in [2.75, 3.05) is 24.4 Å². The quantitative estimate of drug-likeness (QED) is 0.321. The third-order valence-corrected chi connectivity index (χ3v) is 4.01. The second-order valence-corrected chi connectivity index (χ2v) is 5.92. The number of nitrogens with one attached hydrogen (secondary N) is 2. The van der Waals surface area contributed by atoms with Gasteiger partial charge in [0.15, 0.2) is 0 Å². The van der Waals surface area contributed by atoms with Gasteiger partial charge < -0.3 is 20.1 Å². The Morgan fingerprint density at radius 2 is 1.83 bits per heavy atom. The molecule has 0 saturated heterocycles. The lowest BCUT2D eigenvalue weighted by molar-refractivity contribution is -0.383. The number of hydrogen-bond acceptors (Lipinski definition) is 9. The van der Waals surface area contributed by atoms with E-state index in [-0.39, 0.29) is 29.5 Å². The van der Waals surface area contributed by atoms with E-state index < -0.39 is 10.9 Å². The first kappa shape index (κ1) is 20.5. The summed E-state index contributed by atoms with van der Waals surface area (Å²) < 4.78 is 10.2. The number of nitrogens with zero attached hydrogens (tertiary/aromatic N) is 3. The smallest absolute Gasteiger partial charge is 0.353 e. The van der Waals surface area contributed by atoms with Gasteiger partial charge in [0, 0.05) is 11.8 Å². The Kier molecular flexibility index (Phi) is 6.38. The maximum Gasteiger partial charge on any atom is 0.353 e. The zero-order valence-electron chi connectivity index (χ0n) is 16.3. The first-order valence-corrected chi connectivity index (χ1v) is 8.97. The van der Waals surface area contributed by atoms with Crippen molar-refractivity contribution in [2.24, 2.45) is 0 Å². The molecule has 0 radical (unpaired) electrons. The summed E-state index contributed by atoms with van der Waals surface area (Å²) in [7, 11) is 1.52. The average Bonchev–Trinajstić information content (AvgIpc) is 2.74. The molecule has 0 bridgehead atoms. The number of nitro groups is 1. The van der Waals surface area contributed by atoms with Crippen molar-refractivity contribution >= 4 is 34.7 Å². The minimum Gasteiger partial charge on any atom is -0.497 e. The third-order valence-electron chi connectivity index (χ3n) is 4.01. The molecule has 154 valence electrons. The van der Waals surface area contributed by atoms with Crippen LogP contribution in [0.25, 0.3) is 0 Å². The van der Waals surface area contributed by atoms with Gasteiger partial charge in [-0.1, -0.05) is 18.2 Å². The molecule has 1 aromatic heterocycles. The highest BCUT2D eigenvalue weighted by Crippen LogP contribution is 2.34. The van der Waals surface area contributed by atoms with Crippen LogP contribution in [-0.4, -0.2) is 34.6 Å². The number of esters is 1. The van der Waals surface area contributed by atoms with Crippen LogP contribution in [0.5, 0.6) is 5.75 Å². The molecule has 0 aliphatic rings. The number of hydrogen-bond donors (Lipinski definition) is 2. The third kappa shape index (κ3) is 4.61. The van der Waals surface area contributed by atoms with Crippen molar-refractivity contribution in [3.63, 3.8) is 0 Å². The molecule has 10 heteroatoms. The first-order valence-electron chi connectivity index (χ1n) is 8.97. The predicted octanol–water partition coefficient (Wildman–Crippen LogP) is 4.06. The van der Waals surface area contributed by atoms with Gasteiger partial charge in [-0.25, -0.2) is 14.8 Å². The minimum absolute atomic E-state index is 0.0145. The molecule has 30 heavy (non-hydrogen) atoms. The van der Waals surface area contributed by atoms with Crippen molar-refractivity contribution in [3.05, 3.63) is 70.5 Å². The van der Waals surface area contributed by atoms with Crippen molar-refractivity contribution < 1.29 is 19.2 Å². The Hall–Kier alpha value is -4.21. The van der Waals surface area contributed by atoms with Gasteiger partial charge in [0.2, 0.25) is 11.6 Å². The molecular weight excluding hydrogens is 390 g/mol. The van der Waals surface area contributed by atoms with Gasteiger partial charge in [0.05, 0.1) is 29.9 Å². The maximum absolute atomic E-state index is 12.2. The lowest BCUT2D eigenvalue weighted by Crippen LogP contribution is -2.10. The Bertz CT molecular complexity index is 1070. The number of para-hydroxylation sites is 1. The molecule has 0 aliphatic carbocycles. The summed E-state index contributed by atoms with van der Waals surface area (Å²) in [5, 5.41) is 17.6. The highest BCUT2D eigenvalue weighted by molar-refractivity contribution is 5.97. The number of carbonyl (C=O) groups is 1. The fraction of sp³-hybridized carbons (Fsp3) is 0.150. The number of ether oxygens (including phenoxy) is 2. The molecule has 0 fully saturated rings. The standard InChI is InChI=1S/C20H19N5O5/c1-3-30-20(26)15-9-4-5-10-16(15)24-19-17(25(27)28)18(21-12-22-19)23-13-7-6-8-14(11-13)29-2/h4-12H,3H2,1-2H3,(H2,21,22,23,24). The van der Waals surface area contributed by atoms with Crippen LogP contribution in [-0.2, 0) is 4.74 Å². The summed E-state index contributed by atoms with van der Waals surface area (Å²) in [5.41, 5.74) is 0.729. The summed E-state index contributed by atoms with van der Waals surface area (Å²) in [6.07, 6.45) is 1.19. The summed E-state index contributed by atoms with van der Waals surface area (Å²) in [6.45, 7) is 1.90. The molecule has 0 amide bonds.